The molecule has 2 rings (SSSR count). The van der Waals surface area contributed by atoms with E-state index in [2.05, 4.69) is 50.0 Å². The van der Waals surface area contributed by atoms with Crippen LogP contribution in [-0.2, 0) is 0 Å². The summed E-state index contributed by atoms with van der Waals surface area (Å²) in [6.45, 7) is 8.62. The molecule has 1 atom stereocenters. The normalized spacial score (nSPS) is 19.9. The molecule has 1 N–H and O–H groups in total. The fourth-order valence-corrected chi connectivity index (χ4v) is 2.67. The van der Waals surface area contributed by atoms with Gasteiger partial charge in [0.05, 0.1) is 0 Å². The quantitative estimate of drug-likeness (QED) is 0.825. The first kappa shape index (κ1) is 12.0. The summed E-state index contributed by atoms with van der Waals surface area (Å²) in [7, 11) is 2.01. The summed E-state index contributed by atoms with van der Waals surface area (Å²) in [6.07, 6.45) is 2.14. The van der Waals surface area contributed by atoms with Crippen LogP contribution in [0.5, 0.6) is 0 Å². The van der Waals surface area contributed by atoms with Crippen molar-refractivity contribution in [1.29, 1.82) is 0 Å². The Morgan fingerprint density at radius 1 is 1.29 bits per heavy atom. The Morgan fingerprint density at radius 2 is 1.94 bits per heavy atom. The standard InChI is InChI=1S/C16H21N/c1-5-14-12(3)15(10-16(14)17-4)13-8-6-11(2)7-9-13/h6-9,15,17H,3,5,10H2,1-2,4H3. The lowest BCUT2D eigenvalue weighted by molar-refractivity contribution is 0.791. The van der Waals surface area contributed by atoms with Crippen LogP contribution in [0.15, 0.2) is 47.7 Å². The zero-order chi connectivity index (χ0) is 12.4. The van der Waals surface area contributed by atoms with Gasteiger partial charge in [0.1, 0.15) is 0 Å². The van der Waals surface area contributed by atoms with E-state index in [0.717, 1.165) is 12.8 Å². The first-order valence-corrected chi connectivity index (χ1v) is 6.32. The average Bonchev–Trinajstić information content (AvgIpc) is 2.66. The van der Waals surface area contributed by atoms with Crippen LogP contribution >= 0.6 is 0 Å². The largest absolute Gasteiger partial charge is 0.391 e. The molecule has 0 heterocycles. The molecule has 0 radical (unpaired) electrons. The van der Waals surface area contributed by atoms with Crippen LogP contribution in [0.25, 0.3) is 0 Å². The van der Waals surface area contributed by atoms with E-state index in [-0.39, 0.29) is 0 Å². The van der Waals surface area contributed by atoms with Gasteiger partial charge in [0.15, 0.2) is 0 Å². The topological polar surface area (TPSA) is 12.0 Å². The number of hydrogen-bond acceptors (Lipinski definition) is 1. The zero-order valence-electron chi connectivity index (χ0n) is 11.0. The van der Waals surface area contributed by atoms with E-state index in [1.165, 1.54) is 28.0 Å². The zero-order valence-corrected chi connectivity index (χ0v) is 11.0. The fourth-order valence-electron chi connectivity index (χ4n) is 2.67. The third kappa shape index (κ3) is 2.14. The highest BCUT2D eigenvalue weighted by Gasteiger charge is 2.27. The number of nitrogens with one attached hydrogen (secondary N) is 1. The molecule has 1 aromatic rings. The van der Waals surface area contributed by atoms with Crippen molar-refractivity contribution < 1.29 is 0 Å². The lowest BCUT2D eigenvalue weighted by Crippen LogP contribution is -2.05. The molecule has 0 spiro atoms. The van der Waals surface area contributed by atoms with E-state index in [1.54, 1.807) is 0 Å². The summed E-state index contributed by atoms with van der Waals surface area (Å²) in [5.41, 5.74) is 6.77. The molecule has 1 unspecified atom stereocenters. The minimum absolute atomic E-state index is 0.466. The van der Waals surface area contributed by atoms with Gasteiger partial charge >= 0.3 is 0 Å². The summed E-state index contributed by atoms with van der Waals surface area (Å²) < 4.78 is 0. The predicted molar refractivity (Wildman–Crippen MR) is 74.1 cm³/mol. The summed E-state index contributed by atoms with van der Waals surface area (Å²) in [6, 6.07) is 8.84. The molecule has 1 aliphatic rings. The van der Waals surface area contributed by atoms with Crippen molar-refractivity contribution in [3.8, 4) is 0 Å². The highest BCUT2D eigenvalue weighted by Crippen LogP contribution is 2.42. The molecule has 17 heavy (non-hydrogen) atoms. The van der Waals surface area contributed by atoms with Gasteiger partial charge in [-0.25, -0.2) is 0 Å². The van der Waals surface area contributed by atoms with Gasteiger partial charge < -0.3 is 5.32 Å². The minimum atomic E-state index is 0.466. The van der Waals surface area contributed by atoms with Gasteiger partial charge in [0.25, 0.3) is 0 Å². The lowest BCUT2D eigenvalue weighted by atomic mass is 9.91. The van der Waals surface area contributed by atoms with E-state index in [0.29, 0.717) is 5.92 Å². The molecule has 90 valence electrons. The van der Waals surface area contributed by atoms with E-state index < -0.39 is 0 Å². The first-order chi connectivity index (χ1) is 8.17. The Morgan fingerprint density at radius 3 is 2.41 bits per heavy atom. The summed E-state index contributed by atoms with van der Waals surface area (Å²) in [5, 5.41) is 3.33. The minimum Gasteiger partial charge on any atom is -0.391 e. The van der Waals surface area contributed by atoms with Gasteiger partial charge in [-0.3, -0.25) is 0 Å². The van der Waals surface area contributed by atoms with Gasteiger partial charge in [-0.1, -0.05) is 43.3 Å². The van der Waals surface area contributed by atoms with Crippen LogP contribution in [0.2, 0.25) is 0 Å². The Hall–Kier alpha value is -1.50. The second-order valence-electron chi connectivity index (χ2n) is 4.75. The Kier molecular flexibility index (Phi) is 3.37. The van der Waals surface area contributed by atoms with E-state index in [9.17, 15) is 0 Å². The highest BCUT2D eigenvalue weighted by atomic mass is 14.8. The smallest absolute Gasteiger partial charge is 0.0149 e. The molecule has 0 fully saturated rings. The van der Waals surface area contributed by atoms with Crippen molar-refractivity contribution in [2.24, 2.45) is 0 Å². The van der Waals surface area contributed by atoms with Crippen LogP contribution < -0.4 is 5.32 Å². The molecule has 0 bridgehead atoms. The summed E-state index contributed by atoms with van der Waals surface area (Å²) in [5.74, 6) is 0.466. The van der Waals surface area contributed by atoms with Crippen molar-refractivity contribution >= 4 is 0 Å². The van der Waals surface area contributed by atoms with Gasteiger partial charge in [0, 0.05) is 18.7 Å². The van der Waals surface area contributed by atoms with Gasteiger partial charge in [0.2, 0.25) is 0 Å². The highest BCUT2D eigenvalue weighted by molar-refractivity contribution is 5.48. The van der Waals surface area contributed by atoms with Gasteiger partial charge in [-0.2, -0.15) is 0 Å². The number of allylic oxidation sites excluding steroid dienone is 3. The van der Waals surface area contributed by atoms with Crippen molar-refractivity contribution in [3.63, 3.8) is 0 Å². The number of hydrogen-bond donors (Lipinski definition) is 1. The molecular weight excluding hydrogens is 206 g/mol. The molecule has 1 aliphatic carbocycles. The van der Waals surface area contributed by atoms with E-state index >= 15 is 0 Å². The van der Waals surface area contributed by atoms with E-state index in [1.807, 2.05) is 7.05 Å². The van der Waals surface area contributed by atoms with Crippen molar-refractivity contribution in [1.82, 2.24) is 5.32 Å². The first-order valence-electron chi connectivity index (χ1n) is 6.32. The maximum absolute atomic E-state index is 4.29. The van der Waals surface area contributed by atoms with Crippen LogP contribution in [0.3, 0.4) is 0 Å². The van der Waals surface area contributed by atoms with Crippen LogP contribution in [0.1, 0.15) is 36.8 Å². The maximum atomic E-state index is 4.29. The van der Waals surface area contributed by atoms with Gasteiger partial charge in [-0.05, 0) is 36.5 Å². The third-order valence-corrected chi connectivity index (χ3v) is 3.72. The lowest BCUT2D eigenvalue weighted by Gasteiger charge is -2.13. The van der Waals surface area contributed by atoms with Crippen molar-refractivity contribution in [3.05, 3.63) is 58.8 Å². The Bertz CT molecular complexity index is 451. The Balaban J connectivity index is 2.27. The maximum Gasteiger partial charge on any atom is 0.0149 e. The molecule has 1 heteroatoms. The molecule has 0 aliphatic heterocycles. The molecule has 1 aromatic carbocycles. The SMILES string of the molecule is C=C1C(CC)=C(NC)CC1c1ccc(C)cc1. The molecular formula is C16H21N. The predicted octanol–water partition coefficient (Wildman–Crippen LogP) is 3.92. The molecule has 0 saturated heterocycles. The van der Waals surface area contributed by atoms with E-state index in [4.69, 9.17) is 0 Å². The van der Waals surface area contributed by atoms with Crippen LogP contribution in [0.4, 0.5) is 0 Å². The summed E-state index contributed by atoms with van der Waals surface area (Å²) >= 11 is 0. The second-order valence-corrected chi connectivity index (χ2v) is 4.75. The van der Waals surface area contributed by atoms with Crippen molar-refractivity contribution in [2.75, 3.05) is 7.05 Å². The second kappa shape index (κ2) is 4.79. The molecule has 0 aromatic heterocycles. The Labute approximate surface area is 104 Å². The fraction of sp³-hybridized carbons (Fsp3) is 0.375. The molecule has 0 saturated carbocycles. The monoisotopic (exact) mass is 227 g/mol. The third-order valence-electron chi connectivity index (χ3n) is 3.72. The van der Waals surface area contributed by atoms with Crippen molar-refractivity contribution in [2.45, 2.75) is 32.6 Å². The average molecular weight is 227 g/mol. The number of rotatable bonds is 3. The summed E-state index contributed by atoms with van der Waals surface area (Å²) in [4.78, 5) is 0. The van der Waals surface area contributed by atoms with Gasteiger partial charge in [-0.15, -0.1) is 0 Å². The van der Waals surface area contributed by atoms with Crippen LogP contribution in [0, 0.1) is 6.92 Å². The van der Waals surface area contributed by atoms with Crippen LogP contribution in [-0.4, -0.2) is 7.05 Å². The number of benzene rings is 1. The number of aryl methyl sites for hydroxylation is 1. The molecule has 0 amide bonds. The molecule has 1 nitrogen and oxygen atoms in total.